The predicted molar refractivity (Wildman–Crippen MR) is 129 cm³/mol. The molecule has 0 atom stereocenters. The van der Waals surface area contributed by atoms with Gasteiger partial charge in [0.2, 0.25) is 0 Å². The predicted octanol–water partition coefficient (Wildman–Crippen LogP) is 2.47. The SMILES string of the molecule is COc1ccc(-c2ccnc3cc(C(=O)Nc4ccc(N5CCNCC5)cn4)nn23)cc1OC. The average Bonchev–Trinajstić information content (AvgIpc) is 3.34. The Morgan fingerprint density at radius 3 is 2.56 bits per heavy atom. The van der Waals surface area contributed by atoms with Crippen LogP contribution in [0.25, 0.3) is 16.9 Å². The van der Waals surface area contributed by atoms with Crippen molar-refractivity contribution in [2.45, 2.75) is 0 Å². The van der Waals surface area contributed by atoms with E-state index in [2.05, 4.69) is 30.6 Å². The number of nitrogens with zero attached hydrogens (tertiary/aromatic N) is 5. The highest BCUT2D eigenvalue weighted by Crippen LogP contribution is 2.32. The Bertz CT molecular complexity index is 1310. The van der Waals surface area contributed by atoms with Crippen molar-refractivity contribution in [3.8, 4) is 22.8 Å². The second-order valence-electron chi connectivity index (χ2n) is 7.79. The molecule has 34 heavy (non-hydrogen) atoms. The first-order valence-corrected chi connectivity index (χ1v) is 11.0. The Hall–Kier alpha value is -4.18. The first-order chi connectivity index (χ1) is 16.7. The van der Waals surface area contributed by atoms with E-state index in [1.165, 1.54) is 0 Å². The summed E-state index contributed by atoms with van der Waals surface area (Å²) in [6.45, 7) is 3.77. The first kappa shape index (κ1) is 21.7. The molecule has 0 unspecified atom stereocenters. The second-order valence-corrected chi connectivity index (χ2v) is 7.79. The highest BCUT2D eigenvalue weighted by atomic mass is 16.5. The molecule has 1 amide bonds. The third kappa shape index (κ3) is 4.23. The Labute approximate surface area is 196 Å². The number of ether oxygens (including phenoxy) is 2. The number of hydrogen-bond donors (Lipinski definition) is 2. The van der Waals surface area contributed by atoms with Crippen LogP contribution in [0.4, 0.5) is 11.5 Å². The quantitative estimate of drug-likeness (QED) is 0.453. The molecule has 0 aliphatic carbocycles. The van der Waals surface area contributed by atoms with Crippen molar-refractivity contribution in [2.24, 2.45) is 0 Å². The molecule has 4 heterocycles. The normalized spacial score (nSPS) is 13.6. The first-order valence-electron chi connectivity index (χ1n) is 11.0. The molecule has 1 fully saturated rings. The monoisotopic (exact) mass is 459 g/mol. The minimum absolute atomic E-state index is 0.244. The van der Waals surface area contributed by atoms with E-state index >= 15 is 0 Å². The molecule has 3 aromatic heterocycles. The van der Waals surface area contributed by atoms with Gasteiger partial charge in [-0.2, -0.15) is 5.10 Å². The number of rotatable bonds is 6. The number of fused-ring (bicyclic) bond motifs is 1. The van der Waals surface area contributed by atoms with Crippen molar-refractivity contribution in [1.82, 2.24) is 24.9 Å². The fourth-order valence-electron chi connectivity index (χ4n) is 3.97. The summed E-state index contributed by atoms with van der Waals surface area (Å²) >= 11 is 0. The van der Waals surface area contributed by atoms with Gasteiger partial charge in [0.05, 0.1) is 31.8 Å². The summed E-state index contributed by atoms with van der Waals surface area (Å²) in [5.41, 5.74) is 3.46. The van der Waals surface area contributed by atoms with Gasteiger partial charge in [-0.15, -0.1) is 0 Å². The van der Waals surface area contributed by atoms with Crippen molar-refractivity contribution >= 4 is 23.1 Å². The van der Waals surface area contributed by atoms with Gasteiger partial charge in [0.1, 0.15) is 5.82 Å². The van der Waals surface area contributed by atoms with Gasteiger partial charge in [-0.25, -0.2) is 14.5 Å². The van der Waals surface area contributed by atoms with E-state index in [0.29, 0.717) is 23.0 Å². The van der Waals surface area contributed by atoms with Crippen molar-refractivity contribution in [2.75, 3.05) is 50.6 Å². The van der Waals surface area contributed by atoms with Crippen LogP contribution >= 0.6 is 0 Å². The molecule has 0 radical (unpaired) electrons. The van der Waals surface area contributed by atoms with Crippen LogP contribution in [0, 0.1) is 0 Å². The number of benzene rings is 1. The number of carbonyl (C=O) groups is 1. The van der Waals surface area contributed by atoms with Gasteiger partial charge in [0.25, 0.3) is 5.91 Å². The van der Waals surface area contributed by atoms with Gasteiger partial charge in [-0.05, 0) is 36.4 Å². The van der Waals surface area contributed by atoms with Gasteiger partial charge >= 0.3 is 0 Å². The minimum atomic E-state index is -0.355. The zero-order valence-corrected chi connectivity index (χ0v) is 19.0. The number of aromatic nitrogens is 4. The largest absolute Gasteiger partial charge is 0.493 e. The number of pyridine rings is 1. The number of piperazine rings is 1. The lowest BCUT2D eigenvalue weighted by Gasteiger charge is -2.29. The van der Waals surface area contributed by atoms with Gasteiger partial charge < -0.3 is 25.0 Å². The van der Waals surface area contributed by atoms with Crippen molar-refractivity contribution in [3.05, 3.63) is 60.6 Å². The van der Waals surface area contributed by atoms with Gasteiger partial charge in [-0.3, -0.25) is 4.79 Å². The van der Waals surface area contributed by atoms with Gasteiger partial charge in [-0.1, -0.05) is 0 Å². The smallest absolute Gasteiger partial charge is 0.277 e. The maximum Gasteiger partial charge on any atom is 0.277 e. The summed E-state index contributed by atoms with van der Waals surface area (Å²) < 4.78 is 12.4. The Kier molecular flexibility index (Phi) is 5.96. The zero-order chi connectivity index (χ0) is 23.5. The molecule has 0 bridgehead atoms. The number of anilines is 2. The van der Waals surface area contributed by atoms with Crippen LogP contribution in [0.3, 0.4) is 0 Å². The Morgan fingerprint density at radius 1 is 1.00 bits per heavy atom. The van der Waals surface area contributed by atoms with E-state index in [9.17, 15) is 4.79 Å². The van der Waals surface area contributed by atoms with Crippen molar-refractivity contribution < 1.29 is 14.3 Å². The zero-order valence-electron chi connectivity index (χ0n) is 19.0. The van der Waals surface area contributed by atoms with Crippen LogP contribution in [0.15, 0.2) is 54.9 Å². The summed E-state index contributed by atoms with van der Waals surface area (Å²) in [4.78, 5) is 23.9. The number of carbonyl (C=O) groups excluding carboxylic acids is 1. The van der Waals surface area contributed by atoms with Crippen LogP contribution in [0.5, 0.6) is 11.5 Å². The number of hydrogen-bond acceptors (Lipinski definition) is 8. The van der Waals surface area contributed by atoms with E-state index in [1.54, 1.807) is 43.3 Å². The number of nitrogens with one attached hydrogen (secondary N) is 2. The van der Waals surface area contributed by atoms with Crippen LogP contribution in [-0.2, 0) is 0 Å². The molecule has 2 N–H and O–H groups in total. The van der Waals surface area contributed by atoms with E-state index in [0.717, 1.165) is 43.1 Å². The summed E-state index contributed by atoms with van der Waals surface area (Å²) in [6, 6.07) is 12.8. The number of methoxy groups -OCH3 is 2. The van der Waals surface area contributed by atoms with E-state index in [1.807, 2.05) is 30.3 Å². The molecule has 0 spiro atoms. The third-order valence-electron chi connectivity index (χ3n) is 5.74. The molecule has 1 aromatic carbocycles. The molecule has 4 aromatic rings. The molecule has 1 saturated heterocycles. The summed E-state index contributed by atoms with van der Waals surface area (Å²) in [7, 11) is 3.18. The van der Waals surface area contributed by atoms with Crippen molar-refractivity contribution in [3.63, 3.8) is 0 Å². The highest BCUT2D eigenvalue weighted by molar-refractivity contribution is 6.03. The van der Waals surface area contributed by atoms with Crippen LogP contribution in [0.1, 0.15) is 10.5 Å². The molecule has 0 saturated carbocycles. The van der Waals surface area contributed by atoms with Crippen LogP contribution in [0.2, 0.25) is 0 Å². The third-order valence-corrected chi connectivity index (χ3v) is 5.74. The molecular formula is C24H25N7O3. The summed E-state index contributed by atoms with van der Waals surface area (Å²) in [5, 5.41) is 10.7. The lowest BCUT2D eigenvalue weighted by Crippen LogP contribution is -2.43. The molecule has 1 aliphatic heterocycles. The Balaban J connectivity index is 1.38. The lowest BCUT2D eigenvalue weighted by molar-refractivity contribution is 0.102. The summed E-state index contributed by atoms with van der Waals surface area (Å²) in [6.07, 6.45) is 3.46. The fraction of sp³-hybridized carbons (Fsp3) is 0.250. The van der Waals surface area contributed by atoms with Gasteiger partial charge in [0, 0.05) is 44.0 Å². The van der Waals surface area contributed by atoms with E-state index < -0.39 is 0 Å². The van der Waals surface area contributed by atoms with Crippen molar-refractivity contribution in [1.29, 1.82) is 0 Å². The molecule has 1 aliphatic rings. The van der Waals surface area contributed by atoms with Crippen LogP contribution < -0.4 is 25.0 Å². The van der Waals surface area contributed by atoms with E-state index in [4.69, 9.17) is 9.47 Å². The standard InChI is InChI=1S/C24H25N7O3/c1-33-20-5-3-16(13-21(20)34-2)19-7-8-26-23-14-18(29-31(19)23)24(32)28-22-6-4-17(15-27-22)30-11-9-25-10-12-30/h3-8,13-15,25H,9-12H2,1-2H3,(H,27,28,32). The van der Waals surface area contributed by atoms with Gasteiger partial charge in [0.15, 0.2) is 22.8 Å². The molecule has 174 valence electrons. The highest BCUT2D eigenvalue weighted by Gasteiger charge is 2.17. The maximum absolute atomic E-state index is 12.9. The van der Waals surface area contributed by atoms with E-state index in [-0.39, 0.29) is 11.6 Å². The molecule has 10 nitrogen and oxygen atoms in total. The lowest BCUT2D eigenvalue weighted by atomic mass is 10.1. The average molecular weight is 460 g/mol. The minimum Gasteiger partial charge on any atom is -0.493 e. The number of amides is 1. The topological polar surface area (TPSA) is 106 Å². The maximum atomic E-state index is 12.9. The second kappa shape index (κ2) is 9.36. The Morgan fingerprint density at radius 2 is 1.82 bits per heavy atom. The molecule has 10 heteroatoms. The molecule has 5 rings (SSSR count). The molecular weight excluding hydrogens is 434 g/mol. The van der Waals surface area contributed by atoms with Crippen LogP contribution in [-0.4, -0.2) is 65.9 Å². The fourth-order valence-corrected chi connectivity index (χ4v) is 3.97. The summed E-state index contributed by atoms with van der Waals surface area (Å²) in [5.74, 6) is 1.35.